The minimum atomic E-state index is -1.10. The van der Waals surface area contributed by atoms with Crippen molar-refractivity contribution in [3.63, 3.8) is 0 Å². The number of rotatable bonds is 2. The molecule has 0 amide bonds. The van der Waals surface area contributed by atoms with Gasteiger partial charge in [-0.3, -0.25) is 9.36 Å². The van der Waals surface area contributed by atoms with E-state index in [-0.39, 0.29) is 28.4 Å². The number of anilines is 2. The predicted molar refractivity (Wildman–Crippen MR) is 109 cm³/mol. The van der Waals surface area contributed by atoms with Gasteiger partial charge < -0.3 is 16.4 Å². The second kappa shape index (κ2) is 7.09. The molecule has 2 atom stereocenters. The maximum Gasteiger partial charge on any atom is 0.264 e. The molecule has 2 aromatic rings. The van der Waals surface area contributed by atoms with Crippen molar-refractivity contribution in [2.75, 3.05) is 23.7 Å². The molecule has 2 fully saturated rings. The molecule has 0 unspecified atom stereocenters. The van der Waals surface area contributed by atoms with Crippen LogP contribution in [0.2, 0.25) is 0 Å². The fraction of sp³-hybridized carbons (Fsp3) is 0.524. The van der Waals surface area contributed by atoms with E-state index in [1.165, 1.54) is 16.7 Å². The van der Waals surface area contributed by atoms with Crippen LogP contribution in [-0.2, 0) is 7.05 Å². The Balaban J connectivity index is 1.66. The summed E-state index contributed by atoms with van der Waals surface area (Å²) >= 11 is 0. The zero-order valence-electron chi connectivity index (χ0n) is 16.8. The molecule has 1 aliphatic carbocycles. The number of hydrogen-bond donors (Lipinski definition) is 2. The summed E-state index contributed by atoms with van der Waals surface area (Å²) in [6, 6.07) is 3.88. The van der Waals surface area contributed by atoms with Crippen LogP contribution in [0.1, 0.15) is 32.6 Å². The van der Waals surface area contributed by atoms with Crippen molar-refractivity contribution in [3.05, 3.63) is 40.2 Å². The Kier molecular flexibility index (Phi) is 4.85. The van der Waals surface area contributed by atoms with Gasteiger partial charge in [0.25, 0.3) is 5.56 Å². The molecule has 1 saturated heterocycles. The number of benzene rings is 1. The summed E-state index contributed by atoms with van der Waals surface area (Å²) in [6.07, 6.45) is 4.06. The highest BCUT2D eigenvalue weighted by atomic mass is 19.2. The van der Waals surface area contributed by atoms with E-state index >= 15 is 0 Å². The normalized spacial score (nSPS) is 23.7. The summed E-state index contributed by atoms with van der Waals surface area (Å²) in [5.74, 6) is -1.15. The van der Waals surface area contributed by atoms with Gasteiger partial charge in [0, 0.05) is 31.7 Å². The summed E-state index contributed by atoms with van der Waals surface area (Å²) < 4.78 is 29.2. The van der Waals surface area contributed by atoms with Gasteiger partial charge in [0.05, 0.1) is 5.56 Å². The largest absolute Gasteiger partial charge is 0.383 e. The predicted octanol–water partition coefficient (Wildman–Crippen LogP) is 2.65. The second-order valence-corrected chi connectivity index (χ2v) is 8.64. The highest BCUT2D eigenvalue weighted by Crippen LogP contribution is 2.48. The summed E-state index contributed by atoms with van der Waals surface area (Å²) in [4.78, 5) is 19.4. The zero-order chi connectivity index (χ0) is 20.9. The first kappa shape index (κ1) is 19.8. The minimum absolute atomic E-state index is 0.0981. The number of aromatic nitrogens is 2. The lowest BCUT2D eigenvalue weighted by Crippen LogP contribution is -2.48. The van der Waals surface area contributed by atoms with Gasteiger partial charge in [0.15, 0.2) is 11.6 Å². The Bertz CT molecular complexity index is 997. The molecule has 1 spiro atoms. The van der Waals surface area contributed by atoms with Crippen LogP contribution in [0.5, 0.6) is 0 Å². The molecule has 1 aromatic carbocycles. The van der Waals surface area contributed by atoms with Gasteiger partial charge in [-0.1, -0.05) is 19.1 Å². The second-order valence-electron chi connectivity index (χ2n) is 8.64. The Morgan fingerprint density at radius 3 is 2.55 bits per heavy atom. The monoisotopic (exact) mass is 403 g/mol. The molecule has 156 valence electrons. The van der Waals surface area contributed by atoms with Crippen molar-refractivity contribution < 1.29 is 8.78 Å². The average molecular weight is 403 g/mol. The third kappa shape index (κ3) is 3.19. The highest BCUT2D eigenvalue weighted by molar-refractivity contribution is 5.74. The Morgan fingerprint density at radius 1 is 1.24 bits per heavy atom. The van der Waals surface area contributed by atoms with Crippen molar-refractivity contribution in [3.8, 4) is 11.1 Å². The summed E-state index contributed by atoms with van der Waals surface area (Å²) in [5.41, 5.74) is 11.8. The van der Waals surface area contributed by atoms with E-state index in [1.807, 2.05) is 4.90 Å². The minimum Gasteiger partial charge on any atom is -0.383 e. The molecule has 1 aromatic heterocycles. The number of nitrogen functional groups attached to an aromatic ring is 1. The topological polar surface area (TPSA) is 90.2 Å². The lowest BCUT2D eigenvalue weighted by molar-refractivity contribution is 0.192. The molecule has 1 aliphatic heterocycles. The van der Waals surface area contributed by atoms with Crippen LogP contribution >= 0.6 is 0 Å². The van der Waals surface area contributed by atoms with Crippen molar-refractivity contribution in [1.29, 1.82) is 0 Å². The first-order valence-electron chi connectivity index (χ1n) is 10.0. The maximum atomic E-state index is 14.2. The average Bonchev–Trinajstić information content (AvgIpc) is 2.95. The van der Waals surface area contributed by atoms with E-state index in [0.29, 0.717) is 11.9 Å². The van der Waals surface area contributed by atoms with E-state index in [2.05, 4.69) is 11.9 Å². The molecule has 4 rings (SSSR count). The summed E-state index contributed by atoms with van der Waals surface area (Å²) in [5, 5.41) is 0. The molecule has 0 bridgehead atoms. The molecule has 2 heterocycles. The van der Waals surface area contributed by atoms with Crippen LogP contribution in [-0.4, -0.2) is 28.7 Å². The molecule has 1 saturated carbocycles. The Labute approximate surface area is 168 Å². The standard InChI is InChI=1S/C21H27F2N5O/c1-12-10-15(24)21(11-12)6-8-28(9-7-21)20-26-18(25)16(19(29)27(20)2)13-4-3-5-14(22)17(13)23/h3-5,12,15H,6-11,24-25H2,1-2H3/t12-,15+/m0/s1. The van der Waals surface area contributed by atoms with E-state index in [4.69, 9.17) is 11.5 Å². The fourth-order valence-electron chi connectivity index (χ4n) is 5.18. The van der Waals surface area contributed by atoms with Crippen molar-refractivity contribution >= 4 is 11.8 Å². The first-order chi connectivity index (χ1) is 13.7. The van der Waals surface area contributed by atoms with Crippen LogP contribution in [0, 0.1) is 23.0 Å². The van der Waals surface area contributed by atoms with Gasteiger partial charge in [0.2, 0.25) is 5.95 Å². The van der Waals surface area contributed by atoms with Crippen LogP contribution in [0.25, 0.3) is 11.1 Å². The SMILES string of the molecule is C[C@H]1C[C@@H](N)C2(CCN(c3nc(N)c(-c4cccc(F)c4F)c(=O)n3C)CC2)C1. The quantitative estimate of drug-likeness (QED) is 0.805. The van der Waals surface area contributed by atoms with E-state index < -0.39 is 17.2 Å². The van der Waals surface area contributed by atoms with Crippen molar-refractivity contribution in [2.45, 2.75) is 38.6 Å². The van der Waals surface area contributed by atoms with Gasteiger partial charge in [-0.25, -0.2) is 8.78 Å². The van der Waals surface area contributed by atoms with Crippen LogP contribution in [0.15, 0.2) is 23.0 Å². The molecular weight excluding hydrogens is 376 g/mol. The third-order valence-electron chi connectivity index (χ3n) is 6.76. The molecule has 4 N–H and O–H groups in total. The number of piperidine rings is 1. The third-order valence-corrected chi connectivity index (χ3v) is 6.76. The molecule has 2 aliphatic rings. The van der Waals surface area contributed by atoms with Gasteiger partial charge >= 0.3 is 0 Å². The Hall–Kier alpha value is -2.48. The van der Waals surface area contributed by atoms with E-state index in [0.717, 1.165) is 44.8 Å². The summed E-state index contributed by atoms with van der Waals surface area (Å²) in [7, 11) is 1.58. The van der Waals surface area contributed by atoms with E-state index in [9.17, 15) is 13.6 Å². The smallest absolute Gasteiger partial charge is 0.264 e. The zero-order valence-corrected chi connectivity index (χ0v) is 16.8. The van der Waals surface area contributed by atoms with Crippen molar-refractivity contribution in [2.24, 2.45) is 24.1 Å². The van der Waals surface area contributed by atoms with E-state index in [1.54, 1.807) is 7.05 Å². The van der Waals surface area contributed by atoms with Gasteiger partial charge in [-0.2, -0.15) is 4.98 Å². The van der Waals surface area contributed by atoms with Gasteiger partial charge in [-0.15, -0.1) is 0 Å². The number of nitrogens with zero attached hydrogens (tertiary/aromatic N) is 3. The Morgan fingerprint density at radius 2 is 1.93 bits per heavy atom. The molecule has 0 radical (unpaired) electrons. The molecule has 29 heavy (non-hydrogen) atoms. The number of halogens is 2. The van der Waals surface area contributed by atoms with Gasteiger partial charge in [0.1, 0.15) is 5.82 Å². The maximum absolute atomic E-state index is 14.2. The molecule has 8 heteroatoms. The van der Waals surface area contributed by atoms with Crippen LogP contribution in [0.3, 0.4) is 0 Å². The lowest BCUT2D eigenvalue weighted by Gasteiger charge is -2.42. The molecule has 6 nitrogen and oxygen atoms in total. The number of nitrogens with two attached hydrogens (primary N) is 2. The van der Waals surface area contributed by atoms with Crippen molar-refractivity contribution in [1.82, 2.24) is 9.55 Å². The van der Waals surface area contributed by atoms with Gasteiger partial charge in [-0.05, 0) is 43.1 Å². The molecular formula is C21H27F2N5O. The first-order valence-corrected chi connectivity index (χ1v) is 10.0. The van der Waals surface area contributed by atoms with Crippen LogP contribution in [0.4, 0.5) is 20.5 Å². The van der Waals surface area contributed by atoms with Crippen LogP contribution < -0.4 is 21.9 Å². The summed E-state index contributed by atoms with van der Waals surface area (Å²) in [6.45, 7) is 3.71. The lowest BCUT2D eigenvalue weighted by atomic mass is 9.74. The fourth-order valence-corrected chi connectivity index (χ4v) is 5.18. The highest BCUT2D eigenvalue weighted by Gasteiger charge is 2.46. The number of hydrogen-bond acceptors (Lipinski definition) is 5.